The van der Waals surface area contributed by atoms with Gasteiger partial charge in [0.2, 0.25) is 5.91 Å². The summed E-state index contributed by atoms with van der Waals surface area (Å²) in [5.41, 5.74) is 0.891. The molecule has 49 heavy (non-hydrogen) atoms. The zero-order valence-corrected chi connectivity index (χ0v) is 27.6. The summed E-state index contributed by atoms with van der Waals surface area (Å²) < 4.78 is 40.0. The molecule has 0 aliphatic rings. The molecule has 5 aromatic carbocycles. The van der Waals surface area contributed by atoms with Gasteiger partial charge < -0.3 is 16.0 Å². The summed E-state index contributed by atoms with van der Waals surface area (Å²) in [6.07, 6.45) is -3.09. The maximum atomic E-state index is 13.5. The standard InChI is InChI=1S/C37H26Cl2F3N3O3S/c38-27-14-11-23(12-15-27)21-32(45-34(46)25-9-5-2-6-10-25)35(47)43-28-16-18-29(19-17-28)49-33(24-7-3-1-4-8-24)36(48)44-31-22-26(37(40,41)42)13-20-30(31)39/h1-22,33H,(H,43,47)(H,44,48)(H,45,46)/b32-21-. The highest BCUT2D eigenvalue weighted by molar-refractivity contribution is 8.00. The number of thioether (sulfide) groups is 1. The number of nitrogens with one attached hydrogen (secondary N) is 3. The maximum Gasteiger partial charge on any atom is 0.416 e. The molecule has 0 aliphatic heterocycles. The molecule has 12 heteroatoms. The van der Waals surface area contributed by atoms with Gasteiger partial charge in [-0.25, -0.2) is 0 Å². The third-order valence-electron chi connectivity index (χ3n) is 6.97. The molecule has 3 amide bonds. The smallest absolute Gasteiger partial charge is 0.323 e. The number of rotatable bonds is 10. The molecule has 6 nitrogen and oxygen atoms in total. The normalized spacial score (nSPS) is 12.1. The minimum atomic E-state index is -4.62. The van der Waals surface area contributed by atoms with E-state index in [0.29, 0.717) is 32.3 Å². The molecule has 5 aromatic rings. The van der Waals surface area contributed by atoms with Crippen molar-refractivity contribution in [3.8, 4) is 0 Å². The van der Waals surface area contributed by atoms with Gasteiger partial charge in [0.15, 0.2) is 0 Å². The Labute approximate surface area is 294 Å². The van der Waals surface area contributed by atoms with E-state index in [1.54, 1.807) is 109 Å². The second-order valence-electron chi connectivity index (χ2n) is 10.5. The fourth-order valence-electron chi connectivity index (χ4n) is 4.52. The van der Waals surface area contributed by atoms with Gasteiger partial charge in [0, 0.05) is 21.2 Å². The fourth-order valence-corrected chi connectivity index (χ4v) is 5.83. The van der Waals surface area contributed by atoms with Crippen LogP contribution in [-0.4, -0.2) is 17.7 Å². The zero-order chi connectivity index (χ0) is 35.0. The number of hydrogen-bond acceptors (Lipinski definition) is 4. The van der Waals surface area contributed by atoms with E-state index in [1.165, 1.54) is 6.08 Å². The SMILES string of the molecule is O=C(Nc1ccc(SC(C(=O)Nc2cc(C(F)(F)F)ccc2Cl)c2ccccc2)cc1)/C(=C/c1ccc(Cl)cc1)NC(=O)c1ccccc1. The van der Waals surface area contributed by atoms with Gasteiger partial charge >= 0.3 is 6.18 Å². The Kier molecular flexibility index (Phi) is 11.5. The highest BCUT2D eigenvalue weighted by Gasteiger charge is 2.31. The first-order valence-corrected chi connectivity index (χ1v) is 16.2. The largest absolute Gasteiger partial charge is 0.416 e. The number of alkyl halides is 3. The molecule has 0 heterocycles. The molecule has 0 saturated carbocycles. The van der Waals surface area contributed by atoms with Crippen LogP contribution in [0.3, 0.4) is 0 Å². The van der Waals surface area contributed by atoms with Crippen molar-refractivity contribution in [2.24, 2.45) is 0 Å². The van der Waals surface area contributed by atoms with Crippen LogP contribution in [0.5, 0.6) is 0 Å². The molecule has 0 bridgehead atoms. The molecule has 0 saturated heterocycles. The van der Waals surface area contributed by atoms with Crippen LogP contribution < -0.4 is 16.0 Å². The summed E-state index contributed by atoms with van der Waals surface area (Å²) >= 11 is 13.3. The van der Waals surface area contributed by atoms with Crippen LogP contribution in [0, 0.1) is 0 Å². The van der Waals surface area contributed by atoms with Crippen molar-refractivity contribution < 1.29 is 27.6 Å². The van der Waals surface area contributed by atoms with Crippen LogP contribution >= 0.6 is 35.0 Å². The number of hydrogen-bond donors (Lipinski definition) is 3. The molecule has 0 aliphatic carbocycles. The van der Waals surface area contributed by atoms with Gasteiger partial charge in [0.25, 0.3) is 11.8 Å². The molecule has 0 fully saturated rings. The minimum absolute atomic E-state index is 0.0105. The first-order valence-electron chi connectivity index (χ1n) is 14.6. The monoisotopic (exact) mass is 719 g/mol. The van der Waals surface area contributed by atoms with Gasteiger partial charge in [0.05, 0.1) is 16.3 Å². The molecule has 1 atom stereocenters. The molecule has 3 N–H and O–H groups in total. The minimum Gasteiger partial charge on any atom is -0.323 e. The molecule has 1 unspecified atom stereocenters. The summed E-state index contributed by atoms with van der Waals surface area (Å²) in [5, 5.41) is 7.61. The summed E-state index contributed by atoms with van der Waals surface area (Å²) in [4.78, 5) is 40.5. The predicted octanol–water partition coefficient (Wildman–Crippen LogP) is 9.89. The second-order valence-corrected chi connectivity index (χ2v) is 12.5. The van der Waals surface area contributed by atoms with Crippen LogP contribution in [0.4, 0.5) is 24.5 Å². The Morgan fingerprint density at radius 1 is 0.735 bits per heavy atom. The van der Waals surface area contributed by atoms with Gasteiger partial charge in [0.1, 0.15) is 10.9 Å². The van der Waals surface area contributed by atoms with E-state index in [2.05, 4.69) is 16.0 Å². The van der Waals surface area contributed by atoms with Crippen molar-refractivity contribution in [3.05, 3.63) is 165 Å². The lowest BCUT2D eigenvalue weighted by Gasteiger charge is -2.19. The van der Waals surface area contributed by atoms with Crippen molar-refractivity contribution in [3.63, 3.8) is 0 Å². The lowest BCUT2D eigenvalue weighted by molar-refractivity contribution is -0.137. The number of amides is 3. The Bertz CT molecular complexity index is 1970. The van der Waals surface area contributed by atoms with E-state index in [1.807, 2.05) is 0 Å². The summed E-state index contributed by atoms with van der Waals surface area (Å²) in [5.74, 6) is -1.64. The van der Waals surface area contributed by atoms with E-state index in [0.717, 1.165) is 30.0 Å². The second kappa shape index (κ2) is 15.9. The number of halogens is 5. The van der Waals surface area contributed by atoms with Gasteiger partial charge in [-0.15, -0.1) is 11.8 Å². The highest BCUT2D eigenvalue weighted by atomic mass is 35.5. The van der Waals surface area contributed by atoms with E-state index < -0.39 is 34.7 Å². The molecule has 5 rings (SSSR count). The van der Waals surface area contributed by atoms with Crippen molar-refractivity contribution in [2.75, 3.05) is 10.6 Å². The lowest BCUT2D eigenvalue weighted by atomic mass is 10.1. The molecule has 0 aromatic heterocycles. The third kappa shape index (κ3) is 9.76. The fraction of sp³-hybridized carbons (Fsp3) is 0.0541. The van der Waals surface area contributed by atoms with Crippen LogP contribution in [-0.2, 0) is 15.8 Å². The Morgan fingerprint density at radius 2 is 1.37 bits per heavy atom. The first-order chi connectivity index (χ1) is 23.5. The predicted molar refractivity (Wildman–Crippen MR) is 189 cm³/mol. The van der Waals surface area contributed by atoms with Crippen LogP contribution in [0.25, 0.3) is 6.08 Å². The topological polar surface area (TPSA) is 87.3 Å². The maximum absolute atomic E-state index is 13.5. The van der Waals surface area contributed by atoms with Crippen LogP contribution in [0.1, 0.15) is 32.3 Å². The van der Waals surface area contributed by atoms with Gasteiger partial charge in [-0.2, -0.15) is 13.2 Å². The van der Waals surface area contributed by atoms with Gasteiger partial charge in [-0.05, 0) is 83.9 Å². The first kappa shape index (κ1) is 35.3. The van der Waals surface area contributed by atoms with Gasteiger partial charge in [-0.3, -0.25) is 14.4 Å². The third-order valence-corrected chi connectivity index (χ3v) is 8.82. The average molecular weight is 721 g/mol. The van der Waals surface area contributed by atoms with Crippen molar-refractivity contribution in [1.29, 1.82) is 0 Å². The van der Waals surface area contributed by atoms with Crippen LogP contribution in [0.2, 0.25) is 10.0 Å². The Balaban J connectivity index is 1.34. The number of carbonyl (C=O) groups excluding carboxylic acids is 3. The van der Waals surface area contributed by atoms with E-state index in [-0.39, 0.29) is 16.4 Å². The molecular formula is C37H26Cl2F3N3O3S. The number of anilines is 2. The van der Waals surface area contributed by atoms with E-state index in [9.17, 15) is 27.6 Å². The summed E-state index contributed by atoms with van der Waals surface area (Å²) in [6.45, 7) is 0. The van der Waals surface area contributed by atoms with Crippen molar-refractivity contribution in [1.82, 2.24) is 5.32 Å². The van der Waals surface area contributed by atoms with Crippen LogP contribution in [0.15, 0.2) is 138 Å². The highest BCUT2D eigenvalue weighted by Crippen LogP contribution is 2.39. The number of benzene rings is 5. The van der Waals surface area contributed by atoms with Crippen molar-refractivity contribution >= 4 is 70.1 Å². The van der Waals surface area contributed by atoms with Crippen molar-refractivity contribution in [2.45, 2.75) is 16.3 Å². The lowest BCUT2D eigenvalue weighted by Crippen LogP contribution is -2.30. The average Bonchev–Trinajstić information content (AvgIpc) is 3.09. The zero-order valence-electron chi connectivity index (χ0n) is 25.3. The van der Waals surface area contributed by atoms with E-state index >= 15 is 0 Å². The Hall–Kier alpha value is -5.03. The van der Waals surface area contributed by atoms with E-state index in [4.69, 9.17) is 23.2 Å². The quantitative estimate of drug-likeness (QED) is 0.0991. The summed E-state index contributed by atoms with van der Waals surface area (Å²) in [7, 11) is 0. The molecule has 0 spiro atoms. The number of carbonyl (C=O) groups is 3. The molecule has 0 radical (unpaired) electrons. The van der Waals surface area contributed by atoms with Gasteiger partial charge in [-0.1, -0.05) is 83.9 Å². The summed E-state index contributed by atoms with van der Waals surface area (Å²) in [6, 6.07) is 33.3. The Morgan fingerprint density at radius 3 is 2.00 bits per heavy atom. The molecular weight excluding hydrogens is 694 g/mol. The molecule has 248 valence electrons.